The van der Waals surface area contributed by atoms with Gasteiger partial charge in [-0.1, -0.05) is 54.9 Å². The summed E-state index contributed by atoms with van der Waals surface area (Å²) in [5.41, 5.74) is 9.16. The molecule has 3 amide bonds. The maximum atomic E-state index is 14.2. The number of nitrogens with one attached hydrogen (secondary N) is 2. The minimum Gasteiger partial charge on any atom is -0.397 e. The third-order valence-electron chi connectivity index (χ3n) is 11.3. The van der Waals surface area contributed by atoms with Gasteiger partial charge in [0.15, 0.2) is 5.82 Å². The number of aromatic nitrogens is 3. The van der Waals surface area contributed by atoms with Crippen LogP contribution in [-0.4, -0.2) is 117 Å². The highest BCUT2D eigenvalue weighted by Gasteiger charge is 2.45. The summed E-state index contributed by atoms with van der Waals surface area (Å²) in [6.07, 6.45) is 5.34. The molecule has 2 bridgehead atoms. The van der Waals surface area contributed by atoms with E-state index in [1.165, 1.54) is 11.1 Å². The Morgan fingerprint density at radius 1 is 0.980 bits per heavy atom. The minimum atomic E-state index is -0.745. The Labute approximate surface area is 292 Å². The van der Waals surface area contributed by atoms with E-state index in [2.05, 4.69) is 32.2 Å². The molecule has 4 saturated heterocycles. The summed E-state index contributed by atoms with van der Waals surface area (Å²) in [6.45, 7) is 6.53. The number of piperazine rings is 1. The van der Waals surface area contributed by atoms with Crippen LogP contribution in [0.4, 0.5) is 10.5 Å². The lowest BCUT2D eigenvalue weighted by molar-refractivity contribution is -0.135. The van der Waals surface area contributed by atoms with Crippen molar-refractivity contribution in [2.45, 2.75) is 82.1 Å². The number of rotatable bonds is 8. The Morgan fingerprint density at radius 3 is 2.33 bits per heavy atom. The van der Waals surface area contributed by atoms with Crippen LogP contribution in [0, 0.1) is 0 Å². The Balaban J connectivity index is 1.01. The molecule has 13 heteroatoms. The van der Waals surface area contributed by atoms with E-state index in [1.54, 1.807) is 4.90 Å². The number of hydrogen-bond acceptors (Lipinski definition) is 7. The Bertz CT molecular complexity index is 1710. The normalized spacial score (nSPS) is 22.9. The highest BCUT2D eigenvalue weighted by molar-refractivity contribution is 6.33. The van der Waals surface area contributed by atoms with Gasteiger partial charge < -0.3 is 25.8 Å². The standard InChI is InChI=1S/C36H48ClN9O3/c1-3-24-17-23(18-30(37)32(24)38)19-31(34(47)43-13-9-26(10-14-43)45-22-28-20-29(45)21-42(28)2)39-35(48)44-15-11-27(12-16-44)46-36(49)40-33(41-46)25-7-5-4-6-8-25/h4-8,17-18,26-29,31H,3,9-16,19-22,38H2,1-2H3,(H,39,48)(H,40,41,49)/t28?,29?,31-/m1/s1. The number of fused-ring (bicyclic) bond motifs is 2. The van der Waals surface area contributed by atoms with Crippen molar-refractivity contribution in [3.8, 4) is 11.4 Å². The SMILES string of the molecule is CCc1cc(C[C@@H](NC(=O)N2CCC(n3nc(-c4ccccc4)[nH]c3=O)CC2)C(=O)N2CCC(N3CC4CC3CN4C)CC2)cc(Cl)c1N. The predicted octanol–water partition coefficient (Wildman–Crippen LogP) is 3.37. The largest absolute Gasteiger partial charge is 0.397 e. The molecule has 12 nitrogen and oxygen atoms in total. The van der Waals surface area contributed by atoms with E-state index in [9.17, 15) is 14.4 Å². The molecule has 2 aromatic carbocycles. The number of H-pyrrole nitrogens is 1. The summed E-state index contributed by atoms with van der Waals surface area (Å²) in [7, 11) is 2.22. The third kappa shape index (κ3) is 6.95. The topological polar surface area (TPSA) is 136 Å². The average Bonchev–Trinajstić information content (AvgIpc) is 3.83. The summed E-state index contributed by atoms with van der Waals surface area (Å²) < 4.78 is 1.51. The quantitative estimate of drug-likeness (QED) is 0.309. The fourth-order valence-electron chi connectivity index (χ4n) is 8.43. The Morgan fingerprint density at radius 2 is 1.67 bits per heavy atom. The van der Waals surface area contributed by atoms with E-state index in [0.29, 0.717) is 86.5 Å². The van der Waals surface area contributed by atoms with Crippen molar-refractivity contribution in [1.29, 1.82) is 0 Å². The van der Waals surface area contributed by atoms with Gasteiger partial charge in [-0.2, -0.15) is 0 Å². The first-order valence-electron chi connectivity index (χ1n) is 17.8. The lowest BCUT2D eigenvalue weighted by Crippen LogP contribution is -2.57. The number of halogens is 1. The van der Waals surface area contributed by atoms with Crippen LogP contribution >= 0.6 is 11.6 Å². The zero-order chi connectivity index (χ0) is 34.2. The molecule has 262 valence electrons. The van der Waals surface area contributed by atoms with Crippen molar-refractivity contribution >= 4 is 29.2 Å². The van der Waals surface area contributed by atoms with E-state index in [0.717, 1.165) is 42.6 Å². The van der Waals surface area contributed by atoms with Crippen LogP contribution in [0.3, 0.4) is 0 Å². The molecule has 0 saturated carbocycles. The average molecular weight is 690 g/mol. The first-order chi connectivity index (χ1) is 23.7. The molecular formula is C36H48ClN9O3. The molecule has 5 heterocycles. The smallest absolute Gasteiger partial charge is 0.343 e. The van der Waals surface area contributed by atoms with Crippen molar-refractivity contribution in [2.75, 3.05) is 52.0 Å². The first-order valence-corrected chi connectivity index (χ1v) is 18.2. The van der Waals surface area contributed by atoms with Crippen molar-refractivity contribution in [2.24, 2.45) is 0 Å². The first kappa shape index (κ1) is 33.6. The highest BCUT2D eigenvalue weighted by atomic mass is 35.5. The molecule has 0 aliphatic carbocycles. The number of hydrogen-bond donors (Lipinski definition) is 3. The minimum absolute atomic E-state index is 0.0631. The van der Waals surface area contributed by atoms with Crippen LogP contribution in [0.25, 0.3) is 11.4 Å². The molecule has 4 aliphatic heterocycles. The van der Waals surface area contributed by atoms with Crippen molar-refractivity contribution in [1.82, 2.24) is 39.7 Å². The maximum absolute atomic E-state index is 14.2. The van der Waals surface area contributed by atoms with Crippen LogP contribution in [-0.2, 0) is 17.6 Å². The molecule has 7 rings (SSSR count). The predicted molar refractivity (Wildman–Crippen MR) is 191 cm³/mol. The Hall–Kier alpha value is -3.87. The number of amides is 3. The number of carbonyl (C=O) groups is 2. The number of nitrogens with two attached hydrogens (primary N) is 1. The van der Waals surface area contributed by atoms with Crippen LogP contribution in [0.15, 0.2) is 47.3 Å². The van der Waals surface area contributed by atoms with E-state index in [4.69, 9.17) is 17.3 Å². The number of likely N-dealkylation sites (N-methyl/N-ethyl adjacent to an activating group) is 1. The van der Waals surface area contributed by atoms with Gasteiger partial charge in [-0.25, -0.2) is 14.3 Å². The summed E-state index contributed by atoms with van der Waals surface area (Å²) in [6, 6.07) is 14.0. The molecule has 2 unspecified atom stereocenters. The molecule has 0 radical (unpaired) electrons. The monoisotopic (exact) mass is 689 g/mol. The van der Waals surface area contributed by atoms with Gasteiger partial charge in [0.2, 0.25) is 5.91 Å². The van der Waals surface area contributed by atoms with Gasteiger partial charge in [0, 0.05) is 69.4 Å². The van der Waals surface area contributed by atoms with Crippen molar-refractivity contribution in [3.05, 3.63) is 69.1 Å². The second kappa shape index (κ2) is 14.2. The number of urea groups is 1. The number of benzene rings is 2. The molecule has 4 aliphatic rings. The number of piperidine rings is 2. The number of anilines is 1. The lowest BCUT2D eigenvalue weighted by atomic mass is 9.98. The van der Waals surface area contributed by atoms with E-state index in [1.807, 2.05) is 54.3 Å². The highest BCUT2D eigenvalue weighted by Crippen LogP contribution is 2.34. The van der Waals surface area contributed by atoms with Crippen molar-refractivity contribution < 1.29 is 9.59 Å². The second-order valence-electron chi connectivity index (χ2n) is 14.3. The summed E-state index contributed by atoms with van der Waals surface area (Å²) >= 11 is 6.51. The van der Waals surface area contributed by atoms with E-state index < -0.39 is 6.04 Å². The molecule has 4 fully saturated rings. The lowest BCUT2D eigenvalue weighted by Gasteiger charge is -2.42. The number of aromatic amines is 1. The van der Waals surface area contributed by atoms with Crippen LogP contribution in [0.1, 0.15) is 56.2 Å². The van der Waals surface area contributed by atoms with Gasteiger partial charge in [0.05, 0.1) is 16.8 Å². The molecule has 0 spiro atoms. The molecule has 4 N–H and O–H groups in total. The van der Waals surface area contributed by atoms with Crippen LogP contribution in [0.5, 0.6) is 0 Å². The third-order valence-corrected chi connectivity index (χ3v) is 11.6. The van der Waals surface area contributed by atoms with Crippen LogP contribution in [0.2, 0.25) is 5.02 Å². The van der Waals surface area contributed by atoms with Crippen LogP contribution < -0.4 is 16.7 Å². The number of nitrogen functional groups attached to an aromatic ring is 1. The van der Waals surface area contributed by atoms with Gasteiger partial charge in [0.25, 0.3) is 0 Å². The number of carbonyl (C=O) groups excluding carboxylic acids is 2. The molecule has 3 atom stereocenters. The second-order valence-corrected chi connectivity index (χ2v) is 14.7. The van der Waals surface area contributed by atoms with E-state index >= 15 is 0 Å². The van der Waals surface area contributed by atoms with Crippen molar-refractivity contribution in [3.63, 3.8) is 0 Å². The molecule has 3 aromatic rings. The fraction of sp³-hybridized carbons (Fsp3) is 0.556. The summed E-state index contributed by atoms with van der Waals surface area (Å²) in [5.74, 6) is 0.470. The number of aryl methyl sites for hydroxylation is 1. The van der Waals surface area contributed by atoms with Gasteiger partial charge in [0.1, 0.15) is 6.04 Å². The summed E-state index contributed by atoms with van der Waals surface area (Å²) in [5, 5.41) is 8.14. The Kier molecular flexibility index (Phi) is 9.72. The van der Waals surface area contributed by atoms with Gasteiger partial charge in [-0.15, -0.1) is 5.10 Å². The van der Waals surface area contributed by atoms with Gasteiger partial charge >= 0.3 is 11.7 Å². The van der Waals surface area contributed by atoms with Gasteiger partial charge in [-0.05, 0) is 62.8 Å². The zero-order valence-electron chi connectivity index (χ0n) is 28.5. The molecule has 49 heavy (non-hydrogen) atoms. The fourth-order valence-corrected chi connectivity index (χ4v) is 8.69. The molecule has 1 aromatic heterocycles. The zero-order valence-corrected chi connectivity index (χ0v) is 29.2. The maximum Gasteiger partial charge on any atom is 0.343 e. The van der Waals surface area contributed by atoms with Gasteiger partial charge in [-0.3, -0.25) is 14.7 Å². The van der Waals surface area contributed by atoms with E-state index in [-0.39, 0.29) is 23.7 Å². The number of likely N-dealkylation sites (tertiary alicyclic amines) is 4. The molecular weight excluding hydrogens is 642 g/mol. The summed E-state index contributed by atoms with van der Waals surface area (Å²) in [4.78, 5) is 52.4. The number of nitrogens with zero attached hydrogens (tertiary/aromatic N) is 6.